The molecule has 0 bridgehead atoms. The van der Waals surface area contributed by atoms with Gasteiger partial charge in [0.2, 0.25) is 0 Å². The van der Waals surface area contributed by atoms with Crippen LogP contribution in [0.3, 0.4) is 0 Å². The molecule has 14 heteroatoms. The van der Waals surface area contributed by atoms with Crippen LogP contribution in [0.1, 0.15) is 48.4 Å². The van der Waals surface area contributed by atoms with Crippen LogP contribution < -0.4 is 5.32 Å². The summed E-state index contributed by atoms with van der Waals surface area (Å²) in [5, 5.41) is 2.24. The largest absolute Gasteiger partial charge is 0.288 e. The molecule has 0 spiro atoms. The fraction of sp³-hybridized carbons (Fsp3) is 0.111. The van der Waals surface area contributed by atoms with Crippen molar-refractivity contribution in [2.45, 2.75) is 6.92 Å². The van der Waals surface area contributed by atoms with E-state index < -0.39 is 11.8 Å². The van der Waals surface area contributed by atoms with Gasteiger partial charge in [0.25, 0.3) is 23.6 Å². The van der Waals surface area contributed by atoms with Crippen molar-refractivity contribution in [3.8, 4) is 0 Å². The summed E-state index contributed by atoms with van der Waals surface area (Å²) in [6.07, 6.45) is 0. The van der Waals surface area contributed by atoms with Crippen molar-refractivity contribution < 1.29 is 19.2 Å². The maximum atomic E-state index is 12.1. The summed E-state index contributed by atoms with van der Waals surface area (Å²) < 4.78 is 5.13. The van der Waals surface area contributed by atoms with E-state index in [0.29, 0.717) is 64.6 Å². The second-order valence-corrected chi connectivity index (χ2v) is 12.5. The number of halogens is 8. The predicted molar refractivity (Wildman–Crippen MR) is 147 cm³/mol. The number of carbonyl (C=O) groups excluding carboxylic acids is 4. The third-order valence-corrected chi connectivity index (χ3v) is 14.0. The number of hydrogen-bond donors (Lipinski definition) is 1. The molecule has 2 aliphatic heterocycles. The van der Waals surface area contributed by atoms with Crippen LogP contribution in [0.15, 0.2) is 35.8 Å². The lowest BCUT2D eigenvalue weighted by Crippen LogP contribution is -2.29. The van der Waals surface area contributed by atoms with Crippen LogP contribution in [0, 0.1) is 0 Å². The molecule has 168 valence electrons. The molecule has 2 heterocycles. The highest BCUT2D eigenvalue weighted by molar-refractivity contribution is 9.15. The van der Waals surface area contributed by atoms with E-state index in [4.69, 9.17) is 0 Å². The summed E-state index contributed by atoms with van der Waals surface area (Å²) in [5.74, 6) is -1.33. The van der Waals surface area contributed by atoms with Crippen LogP contribution in [-0.4, -0.2) is 35.1 Å². The molecule has 0 saturated heterocycles. The van der Waals surface area contributed by atoms with E-state index in [0.717, 1.165) is 0 Å². The van der Waals surface area contributed by atoms with E-state index in [-0.39, 0.29) is 11.8 Å². The first-order valence-corrected chi connectivity index (χ1v) is 14.6. The monoisotopic (exact) mass is 945 g/mol. The normalized spacial score (nSPS) is 14.3. The maximum absolute atomic E-state index is 12.1. The van der Waals surface area contributed by atoms with Gasteiger partial charge in [0.15, 0.2) is 0 Å². The summed E-state index contributed by atoms with van der Waals surface area (Å²) in [7, 11) is 0. The molecule has 1 N–H and O–H groups in total. The van der Waals surface area contributed by atoms with Gasteiger partial charge in [-0.05, 0) is 134 Å². The number of fused-ring (bicyclic) bond motifs is 2. The Bertz CT molecular complexity index is 1170. The van der Waals surface area contributed by atoms with E-state index in [1.54, 1.807) is 6.92 Å². The van der Waals surface area contributed by atoms with Gasteiger partial charge in [0.1, 0.15) is 0 Å². The topological polar surface area (TPSA) is 83.6 Å². The fourth-order valence-corrected chi connectivity index (χ4v) is 7.90. The molecule has 2 aromatic rings. The Morgan fingerprint density at radius 3 is 1.09 bits per heavy atom. The lowest BCUT2D eigenvalue weighted by Gasteiger charge is -2.09. The van der Waals surface area contributed by atoms with Crippen LogP contribution in [0.5, 0.6) is 0 Å². The summed E-state index contributed by atoms with van der Waals surface area (Å²) in [5.41, 5.74) is 1.50. The van der Waals surface area contributed by atoms with E-state index in [9.17, 15) is 19.2 Å². The van der Waals surface area contributed by atoms with Crippen molar-refractivity contribution in [1.82, 2.24) is 10.2 Å². The summed E-state index contributed by atoms with van der Waals surface area (Å²) in [4.78, 5) is 48.4. The average Bonchev–Trinajstić information content (AvgIpc) is 3.19. The minimum Gasteiger partial charge on any atom is -0.288 e. The van der Waals surface area contributed by atoms with E-state index in [1.165, 1.54) is 4.90 Å². The molecule has 2 aromatic carbocycles. The van der Waals surface area contributed by atoms with Crippen LogP contribution in [-0.2, 0) is 0 Å². The van der Waals surface area contributed by atoms with E-state index in [2.05, 4.69) is 133 Å². The number of benzene rings is 2. The van der Waals surface area contributed by atoms with Crippen molar-refractivity contribution in [2.24, 2.45) is 0 Å². The molecular weight excluding hydrogens is 947 g/mol. The van der Waals surface area contributed by atoms with Gasteiger partial charge in [0.05, 0.1) is 22.3 Å². The lowest BCUT2D eigenvalue weighted by molar-refractivity contribution is 0.0661. The van der Waals surface area contributed by atoms with Crippen molar-refractivity contribution in [2.75, 3.05) is 6.54 Å². The Balaban J connectivity index is 0.000000182. The quantitative estimate of drug-likeness (QED) is 0.179. The highest BCUT2D eigenvalue weighted by Crippen LogP contribution is 2.45. The molecule has 0 radical (unpaired) electrons. The van der Waals surface area contributed by atoms with Gasteiger partial charge in [0, 0.05) is 42.3 Å². The molecular formula is C18H6Br8N2O4. The number of hydrogen-bond acceptors (Lipinski definition) is 4. The third-order valence-electron chi connectivity index (χ3n) is 4.45. The number of nitrogens with one attached hydrogen (secondary N) is 1. The smallest absolute Gasteiger partial charge is 0.262 e. The van der Waals surface area contributed by atoms with Gasteiger partial charge in [-0.25, -0.2) is 0 Å². The van der Waals surface area contributed by atoms with Crippen LogP contribution in [0.25, 0.3) is 0 Å². The zero-order valence-electron chi connectivity index (χ0n) is 15.3. The molecule has 32 heavy (non-hydrogen) atoms. The highest BCUT2D eigenvalue weighted by Gasteiger charge is 2.40. The summed E-state index contributed by atoms with van der Waals surface area (Å²) >= 11 is 26.6. The zero-order valence-corrected chi connectivity index (χ0v) is 28.0. The van der Waals surface area contributed by atoms with Crippen molar-refractivity contribution in [3.05, 3.63) is 58.0 Å². The van der Waals surface area contributed by atoms with Crippen LogP contribution >= 0.6 is 127 Å². The number of nitrogens with zero attached hydrogens (tertiary/aromatic N) is 1. The van der Waals surface area contributed by atoms with Crippen LogP contribution in [0.2, 0.25) is 0 Å². The van der Waals surface area contributed by atoms with Crippen molar-refractivity contribution >= 4 is 151 Å². The second kappa shape index (κ2) is 10.3. The van der Waals surface area contributed by atoms with Crippen molar-refractivity contribution in [1.29, 1.82) is 0 Å². The fourth-order valence-electron chi connectivity index (χ4n) is 2.97. The summed E-state index contributed by atoms with van der Waals surface area (Å²) in [6.45, 7) is 2.13. The summed E-state index contributed by atoms with van der Waals surface area (Å²) in [6, 6.07) is 0. The number of amides is 4. The molecule has 0 atom stereocenters. The lowest BCUT2D eigenvalue weighted by atomic mass is 10.1. The van der Waals surface area contributed by atoms with E-state index in [1.807, 2.05) is 0 Å². The Morgan fingerprint density at radius 1 is 0.531 bits per heavy atom. The molecule has 0 aliphatic carbocycles. The van der Waals surface area contributed by atoms with Gasteiger partial charge in [-0.3, -0.25) is 29.4 Å². The Hall–Kier alpha value is 0.560. The van der Waals surface area contributed by atoms with Gasteiger partial charge in [-0.1, -0.05) is 0 Å². The number of imide groups is 2. The molecule has 4 rings (SSSR count). The van der Waals surface area contributed by atoms with Crippen LogP contribution in [0.4, 0.5) is 0 Å². The first-order valence-electron chi connectivity index (χ1n) is 8.30. The van der Waals surface area contributed by atoms with Crippen molar-refractivity contribution in [3.63, 3.8) is 0 Å². The van der Waals surface area contributed by atoms with Gasteiger partial charge in [-0.15, -0.1) is 0 Å². The second-order valence-electron chi connectivity index (χ2n) is 6.15. The minimum absolute atomic E-state index is 0.270. The van der Waals surface area contributed by atoms with Gasteiger partial charge in [-0.2, -0.15) is 0 Å². The first kappa shape index (κ1) is 27.2. The van der Waals surface area contributed by atoms with Gasteiger partial charge < -0.3 is 0 Å². The molecule has 2 aliphatic rings. The third kappa shape index (κ3) is 4.33. The standard InChI is InChI=1S/C10H5Br4NO2.C8HBr4NO2/c1-2-15-9(16)3-4(10(15)17)6(12)8(14)7(13)5(3)11;9-3-1-2(8(15)13-7(1)14)4(10)6(12)5(3)11/h2H2,1H3;(H,13,14,15). The Labute approximate surface area is 249 Å². The molecule has 0 aromatic heterocycles. The SMILES string of the molecule is CCN1C(=O)c2c(Br)c(Br)c(Br)c(Br)c2C1=O.O=C1NC(=O)c2c(Br)c(Br)c(Br)c(Br)c21. The average molecular weight is 953 g/mol. The predicted octanol–water partition coefficient (Wildman–Crippen LogP) is 7.97. The molecule has 0 unspecified atom stereocenters. The molecule has 6 nitrogen and oxygen atoms in total. The Morgan fingerprint density at radius 2 is 0.812 bits per heavy atom. The zero-order chi connectivity index (χ0) is 24.2. The number of rotatable bonds is 1. The van der Waals surface area contributed by atoms with E-state index >= 15 is 0 Å². The highest BCUT2D eigenvalue weighted by atomic mass is 79.9. The van der Waals surface area contributed by atoms with Gasteiger partial charge >= 0.3 is 0 Å². The maximum Gasteiger partial charge on any atom is 0.262 e. The Kier molecular flexibility index (Phi) is 8.72. The minimum atomic E-state index is -0.393. The molecule has 0 fully saturated rings. The number of carbonyl (C=O) groups is 4. The molecule has 4 amide bonds. The molecule has 0 saturated carbocycles. The first-order chi connectivity index (χ1) is 14.9.